The van der Waals surface area contributed by atoms with Crippen LogP contribution in [0.4, 0.5) is 5.69 Å². The summed E-state index contributed by atoms with van der Waals surface area (Å²) in [5.74, 6) is 3.18. The van der Waals surface area contributed by atoms with E-state index >= 15 is 0 Å². The fourth-order valence-electron chi connectivity index (χ4n) is 5.65. The monoisotopic (exact) mass is 483 g/mol. The second-order valence-electron chi connectivity index (χ2n) is 9.31. The number of nitrogens with zero attached hydrogens (tertiary/aromatic N) is 5. The van der Waals surface area contributed by atoms with Crippen LogP contribution in [0.15, 0.2) is 24.3 Å². The summed E-state index contributed by atoms with van der Waals surface area (Å²) in [5, 5.41) is 4.82. The normalized spacial score (nSPS) is 21.4. The Morgan fingerprint density at radius 3 is 2.59 bits per heavy atom. The molecule has 2 fully saturated rings. The predicted octanol–water partition coefficient (Wildman–Crippen LogP) is 3.17. The minimum Gasteiger partial charge on any atom is -0.492 e. The number of aryl methyl sites for hydroxylation is 1. The average molecular weight is 484 g/mol. The maximum absolute atomic E-state index is 13.4. The van der Waals surface area contributed by atoms with Gasteiger partial charge < -0.3 is 14.5 Å². The Balaban J connectivity index is 1.28. The predicted molar refractivity (Wildman–Crippen MR) is 138 cm³/mol. The summed E-state index contributed by atoms with van der Waals surface area (Å²) < 4.78 is 7.95. The number of benzene rings is 1. The summed E-state index contributed by atoms with van der Waals surface area (Å²) in [4.78, 5) is 20.5. The molecule has 2 saturated heterocycles. The van der Waals surface area contributed by atoms with Gasteiger partial charge in [0.25, 0.3) is 5.91 Å². The number of para-hydroxylation sites is 2. The highest BCUT2D eigenvalue weighted by Gasteiger charge is 2.34. The summed E-state index contributed by atoms with van der Waals surface area (Å²) in [6, 6.07) is 8.86. The van der Waals surface area contributed by atoms with Gasteiger partial charge in [0.1, 0.15) is 5.75 Å². The number of carbonyl (C=O) groups excluding carboxylic acids is 1. The summed E-state index contributed by atoms with van der Waals surface area (Å²) in [7, 11) is 0. The van der Waals surface area contributed by atoms with Gasteiger partial charge in [0.15, 0.2) is 5.69 Å². The number of fused-ring (bicyclic) bond motifs is 1. The van der Waals surface area contributed by atoms with Crippen molar-refractivity contribution in [2.24, 2.45) is 0 Å². The fraction of sp³-hybridized carbons (Fsp3) is 0.615. The highest BCUT2D eigenvalue weighted by atomic mass is 32.2. The lowest BCUT2D eigenvalue weighted by atomic mass is 9.89. The minimum atomic E-state index is 0.141. The molecule has 1 aliphatic carbocycles. The van der Waals surface area contributed by atoms with Gasteiger partial charge in [-0.05, 0) is 45.2 Å². The van der Waals surface area contributed by atoms with Crippen LogP contribution in [0, 0.1) is 0 Å². The van der Waals surface area contributed by atoms with Gasteiger partial charge in [-0.25, -0.2) is 0 Å². The Morgan fingerprint density at radius 2 is 1.85 bits per heavy atom. The number of ether oxygens (including phenoxy) is 1. The van der Waals surface area contributed by atoms with Gasteiger partial charge in [0, 0.05) is 74.6 Å². The molecule has 0 radical (unpaired) electrons. The lowest BCUT2D eigenvalue weighted by Gasteiger charge is -2.42. The Labute approximate surface area is 207 Å². The van der Waals surface area contributed by atoms with Crippen molar-refractivity contribution in [1.29, 1.82) is 0 Å². The van der Waals surface area contributed by atoms with E-state index in [1.807, 2.05) is 29.7 Å². The minimum absolute atomic E-state index is 0.141. The van der Waals surface area contributed by atoms with Crippen LogP contribution < -0.4 is 9.64 Å². The largest absolute Gasteiger partial charge is 0.492 e. The smallest absolute Gasteiger partial charge is 0.274 e. The molecule has 1 unspecified atom stereocenters. The lowest BCUT2D eigenvalue weighted by molar-refractivity contribution is 0.0763. The highest BCUT2D eigenvalue weighted by molar-refractivity contribution is 7.99. The van der Waals surface area contributed by atoms with Crippen LogP contribution in [0.5, 0.6) is 5.75 Å². The maximum atomic E-state index is 13.4. The standard InChI is InChI=1S/C26H37N5O2S/c1-3-31-22-10-9-20(19-21(22)25(27-31)26(32)30-15-17-34-18-16-30)28-11-13-29(14-12-28)23-7-5-6-8-24(23)33-4-2/h5-8,20H,3-4,9-19H2,1-2H3. The van der Waals surface area contributed by atoms with Gasteiger partial charge in [-0.2, -0.15) is 16.9 Å². The molecule has 1 atom stereocenters. The van der Waals surface area contributed by atoms with E-state index in [-0.39, 0.29) is 5.91 Å². The van der Waals surface area contributed by atoms with Crippen LogP contribution in [0.1, 0.15) is 42.0 Å². The molecule has 2 aliphatic heterocycles. The number of carbonyl (C=O) groups is 1. The van der Waals surface area contributed by atoms with Gasteiger partial charge in [0.2, 0.25) is 0 Å². The summed E-state index contributed by atoms with van der Waals surface area (Å²) in [6.07, 6.45) is 3.09. The number of aromatic nitrogens is 2. The zero-order valence-electron chi connectivity index (χ0n) is 20.5. The van der Waals surface area contributed by atoms with Crippen molar-refractivity contribution >= 4 is 23.4 Å². The number of hydrogen-bond donors (Lipinski definition) is 0. The zero-order valence-corrected chi connectivity index (χ0v) is 21.4. The molecule has 0 spiro atoms. The number of thioether (sulfide) groups is 1. The van der Waals surface area contributed by atoms with Gasteiger partial charge in [-0.1, -0.05) is 12.1 Å². The average Bonchev–Trinajstić information content (AvgIpc) is 3.27. The first kappa shape index (κ1) is 23.5. The van der Waals surface area contributed by atoms with Crippen LogP contribution in [0.25, 0.3) is 0 Å². The molecule has 1 amide bonds. The van der Waals surface area contributed by atoms with Gasteiger partial charge in [-0.3, -0.25) is 14.4 Å². The molecule has 3 heterocycles. The fourth-order valence-corrected chi connectivity index (χ4v) is 6.56. The molecule has 5 rings (SSSR count). The molecule has 8 heteroatoms. The van der Waals surface area contributed by atoms with Crippen LogP contribution >= 0.6 is 11.8 Å². The molecular weight excluding hydrogens is 446 g/mol. The van der Waals surface area contributed by atoms with E-state index in [9.17, 15) is 4.79 Å². The Hall–Kier alpha value is -2.19. The van der Waals surface area contributed by atoms with Crippen molar-refractivity contribution in [2.45, 2.75) is 45.7 Å². The van der Waals surface area contributed by atoms with Crippen molar-refractivity contribution in [3.8, 4) is 5.75 Å². The van der Waals surface area contributed by atoms with Crippen molar-refractivity contribution in [2.75, 3.05) is 62.3 Å². The van der Waals surface area contributed by atoms with Crippen LogP contribution in [-0.2, 0) is 19.4 Å². The SMILES string of the molecule is CCOc1ccccc1N1CCN(C2CCc3c(c(C(=O)N4CCSCC4)nn3CC)C2)CC1. The summed E-state index contributed by atoms with van der Waals surface area (Å²) >= 11 is 1.93. The second-order valence-corrected chi connectivity index (χ2v) is 10.5. The van der Waals surface area contributed by atoms with Crippen molar-refractivity contribution in [3.05, 3.63) is 41.2 Å². The third kappa shape index (κ3) is 4.67. The second kappa shape index (κ2) is 10.6. The van der Waals surface area contributed by atoms with Crippen LogP contribution in [0.3, 0.4) is 0 Å². The van der Waals surface area contributed by atoms with Gasteiger partial charge >= 0.3 is 0 Å². The van der Waals surface area contributed by atoms with E-state index in [1.54, 1.807) is 0 Å². The Morgan fingerprint density at radius 1 is 1.09 bits per heavy atom. The molecule has 0 saturated carbocycles. The first-order chi connectivity index (χ1) is 16.7. The quantitative estimate of drug-likeness (QED) is 0.629. The number of piperazine rings is 1. The molecule has 34 heavy (non-hydrogen) atoms. The number of anilines is 1. The van der Waals surface area contributed by atoms with E-state index in [0.29, 0.717) is 12.6 Å². The van der Waals surface area contributed by atoms with E-state index in [0.717, 1.165) is 88.0 Å². The molecule has 3 aliphatic rings. The van der Waals surface area contributed by atoms with E-state index in [2.05, 4.69) is 39.6 Å². The number of rotatable bonds is 6. The molecule has 1 aromatic carbocycles. The molecular formula is C26H37N5O2S. The lowest BCUT2D eigenvalue weighted by Crippen LogP contribution is -2.52. The van der Waals surface area contributed by atoms with Crippen molar-refractivity contribution in [1.82, 2.24) is 19.6 Å². The maximum Gasteiger partial charge on any atom is 0.274 e. The third-order valence-electron chi connectivity index (χ3n) is 7.46. The summed E-state index contributed by atoms with van der Waals surface area (Å²) in [6.45, 7) is 11.4. The molecule has 1 aromatic heterocycles. The van der Waals surface area contributed by atoms with E-state index < -0.39 is 0 Å². The first-order valence-corrected chi connectivity index (χ1v) is 14.0. The van der Waals surface area contributed by atoms with Crippen LogP contribution in [-0.4, -0.2) is 88.9 Å². The number of hydrogen-bond acceptors (Lipinski definition) is 6. The van der Waals surface area contributed by atoms with Gasteiger partial charge in [-0.15, -0.1) is 0 Å². The molecule has 184 valence electrons. The molecule has 2 aromatic rings. The van der Waals surface area contributed by atoms with E-state index in [4.69, 9.17) is 9.84 Å². The topological polar surface area (TPSA) is 53.8 Å². The Kier molecular flexibility index (Phi) is 7.34. The Bertz CT molecular complexity index is 995. The molecule has 0 N–H and O–H groups in total. The van der Waals surface area contributed by atoms with Gasteiger partial charge in [0.05, 0.1) is 12.3 Å². The first-order valence-electron chi connectivity index (χ1n) is 12.9. The molecule has 7 nitrogen and oxygen atoms in total. The zero-order chi connectivity index (χ0) is 23.5. The highest BCUT2D eigenvalue weighted by Crippen LogP contribution is 2.32. The number of amides is 1. The van der Waals surface area contributed by atoms with E-state index in [1.165, 1.54) is 16.9 Å². The third-order valence-corrected chi connectivity index (χ3v) is 8.40. The van der Waals surface area contributed by atoms with Crippen LogP contribution in [0.2, 0.25) is 0 Å². The van der Waals surface area contributed by atoms with Crippen molar-refractivity contribution < 1.29 is 9.53 Å². The van der Waals surface area contributed by atoms with Crippen molar-refractivity contribution in [3.63, 3.8) is 0 Å². The summed E-state index contributed by atoms with van der Waals surface area (Å²) in [5.41, 5.74) is 4.42. The molecule has 0 bridgehead atoms.